The summed E-state index contributed by atoms with van der Waals surface area (Å²) in [4.78, 5) is 27.1. The zero-order chi connectivity index (χ0) is 17.9. The minimum atomic E-state index is -0.478. The average Bonchev–Trinajstić information content (AvgIpc) is 2.99. The van der Waals surface area contributed by atoms with Crippen molar-refractivity contribution >= 4 is 23.2 Å². The van der Waals surface area contributed by atoms with E-state index in [1.165, 1.54) is 0 Å². The van der Waals surface area contributed by atoms with Gasteiger partial charge in [-0.1, -0.05) is 20.8 Å². The van der Waals surface area contributed by atoms with Crippen molar-refractivity contribution in [1.82, 2.24) is 5.32 Å². The lowest BCUT2D eigenvalue weighted by Crippen LogP contribution is -2.32. The van der Waals surface area contributed by atoms with Crippen LogP contribution in [0.1, 0.15) is 57.8 Å². The number of anilines is 2. The summed E-state index contributed by atoms with van der Waals surface area (Å²) in [6, 6.07) is 5.67. The van der Waals surface area contributed by atoms with Gasteiger partial charge in [0.25, 0.3) is 5.91 Å². The lowest BCUT2D eigenvalue weighted by Gasteiger charge is -2.23. The first-order valence-electron chi connectivity index (χ1n) is 8.70. The maximum absolute atomic E-state index is 12.6. The number of nitrogens with zero attached hydrogens (tertiary/aromatic N) is 1. The fourth-order valence-corrected chi connectivity index (χ4v) is 2.69. The quantitative estimate of drug-likeness (QED) is 0.889. The Labute approximate surface area is 144 Å². The summed E-state index contributed by atoms with van der Waals surface area (Å²) in [5, 5.41) is 5.87. The molecule has 0 bridgehead atoms. The van der Waals surface area contributed by atoms with Crippen LogP contribution in [0.5, 0.6) is 0 Å². The van der Waals surface area contributed by atoms with Crippen LogP contribution in [-0.4, -0.2) is 30.9 Å². The van der Waals surface area contributed by atoms with Gasteiger partial charge in [0, 0.05) is 35.9 Å². The van der Waals surface area contributed by atoms with Crippen molar-refractivity contribution < 1.29 is 9.59 Å². The molecule has 1 aliphatic heterocycles. The number of nitrogens with one attached hydrogen (secondary N) is 2. The Balaban J connectivity index is 2.32. The van der Waals surface area contributed by atoms with Crippen LogP contribution in [0.15, 0.2) is 18.2 Å². The van der Waals surface area contributed by atoms with E-state index in [1.807, 2.05) is 46.8 Å². The summed E-state index contributed by atoms with van der Waals surface area (Å²) in [7, 11) is 0. The molecule has 0 radical (unpaired) electrons. The maximum Gasteiger partial charge on any atom is 0.253 e. The summed E-state index contributed by atoms with van der Waals surface area (Å²) >= 11 is 0. The van der Waals surface area contributed by atoms with Crippen LogP contribution < -0.4 is 15.5 Å². The second-order valence-corrected chi connectivity index (χ2v) is 7.76. The van der Waals surface area contributed by atoms with Crippen LogP contribution in [0.25, 0.3) is 0 Å². The fraction of sp³-hybridized carbons (Fsp3) is 0.579. The van der Waals surface area contributed by atoms with E-state index in [4.69, 9.17) is 0 Å². The van der Waals surface area contributed by atoms with Crippen LogP contribution in [0.4, 0.5) is 11.4 Å². The van der Waals surface area contributed by atoms with E-state index < -0.39 is 5.41 Å². The van der Waals surface area contributed by atoms with E-state index in [0.29, 0.717) is 11.3 Å². The predicted molar refractivity (Wildman–Crippen MR) is 98.6 cm³/mol. The highest BCUT2D eigenvalue weighted by molar-refractivity contribution is 6.02. The van der Waals surface area contributed by atoms with E-state index in [-0.39, 0.29) is 17.9 Å². The van der Waals surface area contributed by atoms with Gasteiger partial charge in [-0.2, -0.15) is 0 Å². The zero-order valence-electron chi connectivity index (χ0n) is 15.4. The van der Waals surface area contributed by atoms with Crippen LogP contribution >= 0.6 is 0 Å². The largest absolute Gasteiger partial charge is 0.371 e. The fourth-order valence-electron chi connectivity index (χ4n) is 2.69. The van der Waals surface area contributed by atoms with E-state index in [9.17, 15) is 9.59 Å². The molecule has 1 heterocycles. The summed E-state index contributed by atoms with van der Waals surface area (Å²) in [5.74, 6) is -0.162. The Bertz CT molecular complexity index is 612. The molecular formula is C19H29N3O2. The second kappa shape index (κ2) is 7.24. The lowest BCUT2D eigenvalue weighted by atomic mass is 9.95. The highest BCUT2D eigenvalue weighted by atomic mass is 16.2. The molecule has 1 aliphatic rings. The van der Waals surface area contributed by atoms with Crippen LogP contribution in [0.2, 0.25) is 0 Å². The lowest BCUT2D eigenvalue weighted by molar-refractivity contribution is -0.123. The molecule has 1 aromatic carbocycles. The molecule has 1 saturated heterocycles. The van der Waals surface area contributed by atoms with Gasteiger partial charge in [0.05, 0.1) is 5.56 Å². The number of amides is 2. The van der Waals surface area contributed by atoms with Gasteiger partial charge in [-0.25, -0.2) is 0 Å². The van der Waals surface area contributed by atoms with Gasteiger partial charge in [0.1, 0.15) is 0 Å². The third kappa shape index (κ3) is 4.49. The summed E-state index contributed by atoms with van der Waals surface area (Å²) in [6.45, 7) is 11.4. The van der Waals surface area contributed by atoms with Crippen molar-refractivity contribution in [2.75, 3.05) is 23.3 Å². The Morgan fingerprint density at radius 1 is 1.12 bits per heavy atom. The van der Waals surface area contributed by atoms with Crippen molar-refractivity contribution in [2.24, 2.45) is 5.41 Å². The van der Waals surface area contributed by atoms with Gasteiger partial charge < -0.3 is 15.5 Å². The van der Waals surface area contributed by atoms with Gasteiger partial charge in [-0.15, -0.1) is 0 Å². The number of hydrogen-bond acceptors (Lipinski definition) is 3. The molecule has 1 aromatic rings. The van der Waals surface area contributed by atoms with Crippen LogP contribution in [0.3, 0.4) is 0 Å². The molecule has 0 aromatic heterocycles. The van der Waals surface area contributed by atoms with Crippen LogP contribution in [-0.2, 0) is 4.79 Å². The Morgan fingerprint density at radius 2 is 1.75 bits per heavy atom. The molecule has 0 atom stereocenters. The molecule has 0 aliphatic carbocycles. The standard InChI is InChI=1S/C19H29N3O2/c1-13(2)20-17(23)15-12-14(21-18(24)19(3,4)5)8-9-16(15)22-10-6-7-11-22/h8-9,12-13H,6-7,10-11H2,1-5H3,(H,20,23)(H,21,24). The molecule has 132 valence electrons. The number of hydrogen-bond donors (Lipinski definition) is 2. The molecule has 2 N–H and O–H groups in total. The monoisotopic (exact) mass is 331 g/mol. The molecule has 0 spiro atoms. The normalized spacial score (nSPS) is 14.8. The first kappa shape index (κ1) is 18.3. The van der Waals surface area contributed by atoms with Crippen molar-refractivity contribution in [3.8, 4) is 0 Å². The summed E-state index contributed by atoms with van der Waals surface area (Å²) in [5.41, 5.74) is 1.75. The molecule has 1 fully saturated rings. The summed E-state index contributed by atoms with van der Waals surface area (Å²) < 4.78 is 0. The molecule has 5 nitrogen and oxygen atoms in total. The molecule has 2 rings (SSSR count). The predicted octanol–water partition coefficient (Wildman–Crippen LogP) is 3.41. The van der Waals surface area contributed by atoms with Crippen molar-refractivity contribution in [2.45, 2.75) is 53.5 Å². The highest BCUT2D eigenvalue weighted by Crippen LogP contribution is 2.28. The number of benzene rings is 1. The maximum atomic E-state index is 12.6. The molecule has 2 amide bonds. The van der Waals surface area contributed by atoms with Crippen molar-refractivity contribution in [1.29, 1.82) is 0 Å². The van der Waals surface area contributed by atoms with Crippen molar-refractivity contribution in [3.05, 3.63) is 23.8 Å². The zero-order valence-corrected chi connectivity index (χ0v) is 15.4. The topological polar surface area (TPSA) is 61.4 Å². The molecule has 5 heteroatoms. The number of carbonyl (C=O) groups excluding carboxylic acids is 2. The van der Waals surface area contributed by atoms with Gasteiger partial charge in [-0.3, -0.25) is 9.59 Å². The van der Waals surface area contributed by atoms with Crippen molar-refractivity contribution in [3.63, 3.8) is 0 Å². The Hall–Kier alpha value is -2.04. The van der Waals surface area contributed by atoms with E-state index in [1.54, 1.807) is 6.07 Å². The van der Waals surface area contributed by atoms with E-state index in [2.05, 4.69) is 15.5 Å². The summed E-state index contributed by atoms with van der Waals surface area (Å²) in [6.07, 6.45) is 2.29. The van der Waals surface area contributed by atoms with E-state index in [0.717, 1.165) is 31.6 Å². The van der Waals surface area contributed by atoms with Gasteiger partial charge >= 0.3 is 0 Å². The number of carbonyl (C=O) groups is 2. The van der Waals surface area contributed by atoms with Crippen LogP contribution in [0, 0.1) is 5.41 Å². The smallest absolute Gasteiger partial charge is 0.253 e. The first-order chi connectivity index (χ1) is 11.2. The highest BCUT2D eigenvalue weighted by Gasteiger charge is 2.24. The Morgan fingerprint density at radius 3 is 2.29 bits per heavy atom. The third-order valence-electron chi connectivity index (χ3n) is 4.05. The first-order valence-corrected chi connectivity index (χ1v) is 8.70. The minimum Gasteiger partial charge on any atom is -0.371 e. The molecule has 0 saturated carbocycles. The molecule has 24 heavy (non-hydrogen) atoms. The van der Waals surface area contributed by atoms with Gasteiger partial charge in [0.2, 0.25) is 5.91 Å². The average molecular weight is 331 g/mol. The molecule has 0 unspecified atom stereocenters. The van der Waals surface area contributed by atoms with Gasteiger partial charge in [0.15, 0.2) is 0 Å². The third-order valence-corrected chi connectivity index (χ3v) is 4.05. The van der Waals surface area contributed by atoms with E-state index >= 15 is 0 Å². The molecular weight excluding hydrogens is 302 g/mol. The SMILES string of the molecule is CC(C)NC(=O)c1cc(NC(=O)C(C)(C)C)ccc1N1CCCC1. The second-order valence-electron chi connectivity index (χ2n) is 7.76. The number of rotatable bonds is 4. The minimum absolute atomic E-state index is 0.0633. The van der Waals surface area contributed by atoms with Gasteiger partial charge in [-0.05, 0) is 44.9 Å². The Kier molecular flexibility index (Phi) is 5.52.